The highest BCUT2D eigenvalue weighted by Gasteiger charge is 2.27. The first-order valence-electron chi connectivity index (χ1n) is 12.7. The number of nitrogens with one attached hydrogen (secondary N) is 3. The van der Waals surface area contributed by atoms with E-state index in [-0.39, 0.29) is 19.4 Å². The summed E-state index contributed by atoms with van der Waals surface area (Å²) < 4.78 is 10.5. The molecular weight excluding hydrogens is 524 g/mol. The molecule has 0 heterocycles. The summed E-state index contributed by atoms with van der Waals surface area (Å²) in [4.78, 5) is 49.5. The normalized spacial score (nSPS) is 12.5. The van der Waals surface area contributed by atoms with E-state index in [4.69, 9.17) is 26.8 Å². The van der Waals surface area contributed by atoms with E-state index in [1.165, 1.54) is 0 Å². The molecule has 0 radical (unpaired) electrons. The van der Waals surface area contributed by atoms with Crippen LogP contribution in [-0.2, 0) is 32.1 Å². The van der Waals surface area contributed by atoms with E-state index in [9.17, 15) is 19.2 Å². The second-order valence-electron chi connectivity index (χ2n) is 9.94. The first-order chi connectivity index (χ1) is 18.4. The highest BCUT2D eigenvalue weighted by atomic mass is 35.5. The number of unbranched alkanes of at least 4 members (excludes halogenated alkanes) is 1. The lowest BCUT2D eigenvalue weighted by atomic mass is 10.0. The van der Waals surface area contributed by atoms with Gasteiger partial charge in [-0.2, -0.15) is 0 Å². The van der Waals surface area contributed by atoms with Gasteiger partial charge in [0, 0.05) is 23.6 Å². The Bertz CT molecular complexity index is 1110. The van der Waals surface area contributed by atoms with Crippen molar-refractivity contribution in [3.8, 4) is 0 Å². The molecule has 2 aromatic carbocycles. The highest BCUT2D eigenvalue weighted by Crippen LogP contribution is 2.15. The van der Waals surface area contributed by atoms with Gasteiger partial charge in [0.05, 0.1) is 0 Å². The maximum absolute atomic E-state index is 13.1. The molecule has 2 atom stereocenters. The van der Waals surface area contributed by atoms with Gasteiger partial charge in [0.2, 0.25) is 11.8 Å². The molecule has 0 aliphatic heterocycles. The van der Waals surface area contributed by atoms with E-state index < -0.39 is 41.7 Å². The second kappa shape index (κ2) is 15.6. The number of rotatable bonds is 13. The van der Waals surface area contributed by atoms with Crippen LogP contribution in [0, 0.1) is 0 Å². The van der Waals surface area contributed by atoms with Gasteiger partial charge in [-0.25, -0.2) is 9.59 Å². The van der Waals surface area contributed by atoms with E-state index in [2.05, 4.69) is 16.0 Å². The third-order valence-corrected chi connectivity index (χ3v) is 5.82. The zero-order valence-corrected chi connectivity index (χ0v) is 23.3. The topological polar surface area (TPSA) is 149 Å². The summed E-state index contributed by atoms with van der Waals surface area (Å²) in [6.07, 6.45) is 0.0615. The molecular formula is C28H37ClN4O6. The molecule has 10 nitrogen and oxygen atoms in total. The molecule has 0 unspecified atom stereocenters. The lowest BCUT2D eigenvalue weighted by Gasteiger charge is -2.25. The molecule has 0 aromatic heterocycles. The van der Waals surface area contributed by atoms with Crippen LogP contribution in [0.4, 0.5) is 9.59 Å². The van der Waals surface area contributed by atoms with E-state index in [0.717, 1.165) is 5.56 Å². The summed E-state index contributed by atoms with van der Waals surface area (Å²) in [5, 5.41) is 8.37. The second-order valence-corrected chi connectivity index (χ2v) is 10.3. The van der Waals surface area contributed by atoms with Crippen molar-refractivity contribution in [1.29, 1.82) is 0 Å². The molecule has 0 fully saturated rings. The quantitative estimate of drug-likeness (QED) is 0.273. The summed E-state index contributed by atoms with van der Waals surface area (Å²) in [5.74, 6) is -1.25. The number of carbonyl (C=O) groups is 4. The molecule has 212 valence electrons. The SMILES string of the molecule is CC(C)(C)OC(=O)N[C@@H](CCCCNC(=O)OCc1ccccc1Cl)C(=O)N[C@@H](Cc1ccccc1)C(N)=O. The summed E-state index contributed by atoms with van der Waals surface area (Å²) >= 11 is 6.06. The average molecular weight is 561 g/mol. The number of ether oxygens (including phenoxy) is 2. The molecule has 0 bridgehead atoms. The Hall–Kier alpha value is -3.79. The largest absolute Gasteiger partial charge is 0.445 e. The maximum Gasteiger partial charge on any atom is 0.408 e. The first kappa shape index (κ1) is 31.4. The third-order valence-electron chi connectivity index (χ3n) is 5.46. The van der Waals surface area contributed by atoms with Gasteiger partial charge in [-0.05, 0) is 51.7 Å². The van der Waals surface area contributed by atoms with Crippen molar-refractivity contribution in [3.63, 3.8) is 0 Å². The van der Waals surface area contributed by atoms with Gasteiger partial charge in [-0.3, -0.25) is 9.59 Å². The van der Waals surface area contributed by atoms with Crippen LogP contribution in [0.25, 0.3) is 0 Å². The fraction of sp³-hybridized carbons (Fsp3) is 0.429. The first-order valence-corrected chi connectivity index (χ1v) is 13.1. The molecule has 0 spiro atoms. The number of alkyl carbamates (subject to hydrolysis) is 2. The number of hydrogen-bond acceptors (Lipinski definition) is 6. The van der Waals surface area contributed by atoms with Crippen molar-refractivity contribution in [2.24, 2.45) is 5.73 Å². The lowest BCUT2D eigenvalue weighted by molar-refractivity contribution is -0.128. The smallest absolute Gasteiger partial charge is 0.408 e. The van der Waals surface area contributed by atoms with Crippen LogP contribution in [0.3, 0.4) is 0 Å². The minimum absolute atomic E-state index is 0.0393. The van der Waals surface area contributed by atoms with Crippen LogP contribution in [0.15, 0.2) is 54.6 Å². The molecule has 4 amide bonds. The zero-order chi connectivity index (χ0) is 28.8. The van der Waals surface area contributed by atoms with Crippen molar-refractivity contribution in [2.45, 2.75) is 70.7 Å². The van der Waals surface area contributed by atoms with E-state index in [1.807, 2.05) is 30.3 Å². The molecule has 5 N–H and O–H groups in total. The lowest BCUT2D eigenvalue weighted by Crippen LogP contribution is -2.54. The van der Waals surface area contributed by atoms with Crippen LogP contribution in [0.2, 0.25) is 5.02 Å². The molecule has 2 rings (SSSR count). The van der Waals surface area contributed by atoms with E-state index in [1.54, 1.807) is 45.0 Å². The predicted molar refractivity (Wildman–Crippen MR) is 148 cm³/mol. The monoisotopic (exact) mass is 560 g/mol. The summed E-state index contributed by atoms with van der Waals surface area (Å²) in [5.41, 5.74) is 6.29. The van der Waals surface area contributed by atoms with Crippen molar-refractivity contribution in [2.75, 3.05) is 6.54 Å². The Balaban J connectivity index is 1.89. The minimum atomic E-state index is -0.982. The Kier molecular flexibility index (Phi) is 12.6. The zero-order valence-electron chi connectivity index (χ0n) is 22.5. The Morgan fingerprint density at radius 1 is 0.897 bits per heavy atom. The van der Waals surface area contributed by atoms with E-state index in [0.29, 0.717) is 30.0 Å². The van der Waals surface area contributed by atoms with Gasteiger partial charge >= 0.3 is 12.2 Å². The standard InChI is InChI=1S/C28H37ClN4O6/c1-28(2,3)39-27(37)33-22(25(35)32-23(24(30)34)17-19-11-5-4-6-12-19)15-9-10-16-31-26(36)38-18-20-13-7-8-14-21(20)29/h4-8,11-14,22-23H,9-10,15-18H2,1-3H3,(H2,30,34)(H,31,36)(H,32,35)(H,33,37)/t22-,23-/m0/s1. The molecule has 0 aliphatic rings. The third kappa shape index (κ3) is 12.5. The van der Waals surface area contributed by atoms with Crippen molar-refractivity contribution in [1.82, 2.24) is 16.0 Å². The minimum Gasteiger partial charge on any atom is -0.445 e. The fourth-order valence-corrected chi connectivity index (χ4v) is 3.73. The molecule has 11 heteroatoms. The molecule has 2 aromatic rings. The number of amides is 4. The Labute approximate surface area is 233 Å². The van der Waals surface area contributed by atoms with Crippen LogP contribution in [0.5, 0.6) is 0 Å². The predicted octanol–water partition coefficient (Wildman–Crippen LogP) is 3.84. The molecule has 39 heavy (non-hydrogen) atoms. The number of nitrogens with two attached hydrogens (primary N) is 1. The van der Waals surface area contributed by atoms with Crippen molar-refractivity contribution in [3.05, 3.63) is 70.7 Å². The Morgan fingerprint density at radius 2 is 1.56 bits per heavy atom. The molecule has 0 saturated heterocycles. The van der Waals surface area contributed by atoms with E-state index >= 15 is 0 Å². The average Bonchev–Trinajstić information content (AvgIpc) is 2.86. The number of halogens is 1. The summed E-state index contributed by atoms with van der Waals surface area (Å²) in [7, 11) is 0. The van der Waals surface area contributed by atoms with Gasteiger partial charge in [0.1, 0.15) is 24.3 Å². The maximum atomic E-state index is 13.1. The van der Waals surface area contributed by atoms with Gasteiger partial charge in [-0.15, -0.1) is 0 Å². The van der Waals surface area contributed by atoms with Gasteiger partial charge in [-0.1, -0.05) is 60.1 Å². The molecule has 0 saturated carbocycles. The van der Waals surface area contributed by atoms with Crippen LogP contribution in [0.1, 0.15) is 51.2 Å². The van der Waals surface area contributed by atoms with Crippen LogP contribution in [-0.4, -0.2) is 48.2 Å². The van der Waals surface area contributed by atoms with Crippen molar-refractivity contribution < 1.29 is 28.7 Å². The fourth-order valence-electron chi connectivity index (χ4n) is 3.54. The number of carbonyl (C=O) groups excluding carboxylic acids is 4. The number of benzene rings is 2. The number of primary amides is 1. The Morgan fingerprint density at radius 3 is 2.21 bits per heavy atom. The molecule has 0 aliphatic carbocycles. The van der Waals surface area contributed by atoms with Crippen molar-refractivity contribution >= 4 is 35.6 Å². The van der Waals surface area contributed by atoms with Gasteiger partial charge in [0.15, 0.2) is 0 Å². The summed E-state index contributed by atoms with van der Waals surface area (Å²) in [6, 6.07) is 14.3. The van der Waals surface area contributed by atoms with Gasteiger partial charge < -0.3 is 31.2 Å². The van der Waals surface area contributed by atoms with Crippen LogP contribution >= 0.6 is 11.6 Å². The van der Waals surface area contributed by atoms with Crippen LogP contribution < -0.4 is 21.7 Å². The van der Waals surface area contributed by atoms with Gasteiger partial charge in [0.25, 0.3) is 0 Å². The number of hydrogen-bond donors (Lipinski definition) is 4. The summed E-state index contributed by atoms with van der Waals surface area (Å²) in [6.45, 7) is 5.46. The highest BCUT2D eigenvalue weighted by molar-refractivity contribution is 6.31.